The molecule has 0 spiro atoms. The topological polar surface area (TPSA) is 72.2 Å². The molecule has 0 atom stereocenters. The summed E-state index contributed by atoms with van der Waals surface area (Å²) in [5.41, 5.74) is 6.71. The number of hydrogen-bond acceptors (Lipinski definition) is 5. The number of rotatable bonds is 7. The maximum absolute atomic E-state index is 12.5. The smallest absolute Gasteiger partial charge is 0.250 e. The summed E-state index contributed by atoms with van der Waals surface area (Å²) in [7, 11) is 0. The van der Waals surface area contributed by atoms with Crippen molar-refractivity contribution in [2.75, 3.05) is 5.75 Å². The molecule has 1 amide bonds. The number of carbonyl (C=O) groups is 1. The van der Waals surface area contributed by atoms with Crippen LogP contribution in [-0.2, 0) is 4.79 Å². The van der Waals surface area contributed by atoms with Crippen molar-refractivity contribution in [2.24, 2.45) is 5.10 Å². The number of amides is 1. The van der Waals surface area contributed by atoms with E-state index in [0.717, 1.165) is 40.7 Å². The van der Waals surface area contributed by atoms with Crippen LogP contribution in [0.2, 0.25) is 0 Å². The van der Waals surface area contributed by atoms with E-state index in [1.165, 1.54) is 36.6 Å². The lowest BCUT2D eigenvalue weighted by Gasteiger charge is -2.25. The van der Waals surface area contributed by atoms with Crippen molar-refractivity contribution in [3.63, 3.8) is 0 Å². The summed E-state index contributed by atoms with van der Waals surface area (Å²) < 4.78 is 2.25. The highest BCUT2D eigenvalue weighted by Gasteiger charge is 2.24. The van der Waals surface area contributed by atoms with Crippen LogP contribution in [0.3, 0.4) is 0 Å². The van der Waals surface area contributed by atoms with Gasteiger partial charge in [-0.25, -0.2) is 5.43 Å². The number of carbonyl (C=O) groups excluding carboxylic acids is 1. The molecule has 0 bridgehead atoms. The first-order chi connectivity index (χ1) is 15.6. The summed E-state index contributed by atoms with van der Waals surface area (Å²) in [5.74, 6) is 0.975. The van der Waals surface area contributed by atoms with E-state index in [0.29, 0.717) is 6.04 Å². The second-order valence-electron chi connectivity index (χ2n) is 8.22. The van der Waals surface area contributed by atoms with E-state index in [1.54, 1.807) is 0 Å². The third kappa shape index (κ3) is 5.46. The summed E-state index contributed by atoms with van der Waals surface area (Å²) in [4.78, 5) is 12.5. The van der Waals surface area contributed by atoms with Crippen LogP contribution in [-0.4, -0.2) is 32.1 Å². The van der Waals surface area contributed by atoms with Crippen molar-refractivity contribution in [3.05, 3.63) is 65.7 Å². The Morgan fingerprint density at radius 3 is 2.50 bits per heavy atom. The largest absolute Gasteiger partial charge is 0.299 e. The molecule has 3 aromatic rings. The van der Waals surface area contributed by atoms with Crippen LogP contribution in [0.5, 0.6) is 0 Å². The van der Waals surface area contributed by atoms with E-state index >= 15 is 0 Å². The van der Waals surface area contributed by atoms with E-state index in [9.17, 15) is 4.79 Å². The van der Waals surface area contributed by atoms with Gasteiger partial charge in [0.2, 0.25) is 0 Å². The second-order valence-corrected chi connectivity index (χ2v) is 9.16. The molecule has 1 aliphatic carbocycles. The van der Waals surface area contributed by atoms with Gasteiger partial charge in [-0.15, -0.1) is 10.2 Å². The normalized spacial score (nSPS) is 15.0. The fourth-order valence-electron chi connectivity index (χ4n) is 4.00. The fourth-order valence-corrected chi connectivity index (χ4v) is 4.79. The molecule has 1 fully saturated rings. The number of hydrazone groups is 1. The first kappa shape index (κ1) is 22.3. The van der Waals surface area contributed by atoms with Crippen LogP contribution in [0.15, 0.2) is 64.9 Å². The number of nitrogens with zero attached hydrogens (tertiary/aromatic N) is 4. The van der Waals surface area contributed by atoms with E-state index in [-0.39, 0.29) is 11.7 Å². The molecule has 166 valence electrons. The van der Waals surface area contributed by atoms with Crippen molar-refractivity contribution >= 4 is 23.4 Å². The Labute approximate surface area is 193 Å². The Kier molecular flexibility index (Phi) is 7.37. The number of benzene rings is 2. The molecular weight excluding hydrogens is 418 g/mol. The Hall–Kier alpha value is -2.93. The minimum atomic E-state index is -0.152. The summed E-state index contributed by atoms with van der Waals surface area (Å²) in [6.07, 6.45) is 5.96. The van der Waals surface area contributed by atoms with Gasteiger partial charge in [-0.1, -0.05) is 91.2 Å². The Morgan fingerprint density at radius 2 is 1.78 bits per heavy atom. The summed E-state index contributed by atoms with van der Waals surface area (Å²) in [6.45, 7) is 3.97. The third-order valence-corrected chi connectivity index (χ3v) is 6.73. The van der Waals surface area contributed by atoms with Gasteiger partial charge < -0.3 is 0 Å². The quantitative estimate of drug-likeness (QED) is 0.299. The Bertz CT molecular complexity index is 1070. The van der Waals surface area contributed by atoms with Crippen molar-refractivity contribution in [2.45, 2.75) is 57.1 Å². The average molecular weight is 448 g/mol. The fraction of sp³-hybridized carbons (Fsp3) is 0.360. The predicted molar refractivity (Wildman–Crippen MR) is 130 cm³/mol. The molecule has 7 heteroatoms. The van der Waals surface area contributed by atoms with Crippen LogP contribution in [0, 0.1) is 6.92 Å². The number of aromatic nitrogens is 3. The molecule has 1 aliphatic rings. The first-order valence-corrected chi connectivity index (χ1v) is 12.1. The monoisotopic (exact) mass is 447 g/mol. The van der Waals surface area contributed by atoms with Gasteiger partial charge in [0.15, 0.2) is 11.0 Å². The van der Waals surface area contributed by atoms with Crippen LogP contribution < -0.4 is 5.43 Å². The molecule has 6 nitrogen and oxygen atoms in total. The van der Waals surface area contributed by atoms with E-state index in [1.807, 2.05) is 37.3 Å². The van der Waals surface area contributed by atoms with Crippen LogP contribution in [0.25, 0.3) is 11.4 Å². The molecular formula is C25H29N5OS. The van der Waals surface area contributed by atoms with Gasteiger partial charge in [0.1, 0.15) is 0 Å². The average Bonchev–Trinajstić information content (AvgIpc) is 3.26. The van der Waals surface area contributed by atoms with Gasteiger partial charge >= 0.3 is 0 Å². The molecule has 1 heterocycles. The molecule has 2 aromatic carbocycles. The second kappa shape index (κ2) is 10.6. The van der Waals surface area contributed by atoms with Crippen molar-refractivity contribution in [1.29, 1.82) is 0 Å². The van der Waals surface area contributed by atoms with Crippen LogP contribution >= 0.6 is 11.8 Å². The summed E-state index contributed by atoms with van der Waals surface area (Å²) in [5, 5.41) is 14.0. The highest BCUT2D eigenvalue weighted by atomic mass is 32.2. The standard InChI is InChI=1S/C25H29N5OS/c1-18-13-15-21(16-14-18)24-28-29-25(30(24)22-11-7-4-8-12-22)32-17-23(31)27-26-19(2)20-9-5-3-6-10-20/h3,5-6,9-10,13-16,22H,4,7-8,11-12,17H2,1-2H3,(H,27,31)/b26-19-. The molecule has 0 aliphatic heterocycles. The summed E-state index contributed by atoms with van der Waals surface area (Å²) in [6, 6.07) is 18.6. The highest BCUT2D eigenvalue weighted by Crippen LogP contribution is 2.35. The van der Waals surface area contributed by atoms with Crippen molar-refractivity contribution in [1.82, 2.24) is 20.2 Å². The zero-order valence-electron chi connectivity index (χ0n) is 18.6. The number of hydrogen-bond donors (Lipinski definition) is 1. The number of aryl methyl sites for hydroxylation is 1. The first-order valence-electron chi connectivity index (χ1n) is 11.1. The van der Waals surface area contributed by atoms with Crippen molar-refractivity contribution in [3.8, 4) is 11.4 Å². The molecule has 0 saturated heterocycles. The number of nitrogens with one attached hydrogen (secondary N) is 1. The predicted octanol–water partition coefficient (Wildman–Crippen LogP) is 5.39. The molecule has 0 unspecified atom stereocenters. The lowest BCUT2D eigenvalue weighted by atomic mass is 9.95. The summed E-state index contributed by atoms with van der Waals surface area (Å²) >= 11 is 1.42. The lowest BCUT2D eigenvalue weighted by Crippen LogP contribution is -2.22. The zero-order valence-corrected chi connectivity index (χ0v) is 19.4. The SMILES string of the molecule is C/C(=N/NC(=O)CSc1nnc(-c2ccc(C)cc2)n1C1CCCCC1)c1ccccc1. The van der Waals surface area contributed by atoms with E-state index < -0.39 is 0 Å². The van der Waals surface area contributed by atoms with E-state index in [2.05, 4.69) is 56.5 Å². The van der Waals surface area contributed by atoms with Crippen LogP contribution in [0.4, 0.5) is 0 Å². The molecule has 1 N–H and O–H groups in total. The molecule has 0 radical (unpaired) electrons. The van der Waals surface area contributed by atoms with Gasteiger partial charge in [-0.3, -0.25) is 9.36 Å². The maximum atomic E-state index is 12.5. The van der Waals surface area contributed by atoms with Gasteiger partial charge in [-0.05, 0) is 32.3 Å². The van der Waals surface area contributed by atoms with Gasteiger partial charge in [0.05, 0.1) is 11.5 Å². The Balaban J connectivity index is 1.48. The Morgan fingerprint density at radius 1 is 1.06 bits per heavy atom. The molecule has 32 heavy (non-hydrogen) atoms. The minimum absolute atomic E-state index is 0.152. The highest BCUT2D eigenvalue weighted by molar-refractivity contribution is 7.99. The van der Waals surface area contributed by atoms with Gasteiger partial charge in [0.25, 0.3) is 5.91 Å². The molecule has 4 rings (SSSR count). The van der Waals surface area contributed by atoms with Crippen molar-refractivity contribution < 1.29 is 4.79 Å². The van der Waals surface area contributed by atoms with Crippen LogP contribution in [0.1, 0.15) is 56.2 Å². The lowest BCUT2D eigenvalue weighted by molar-refractivity contribution is -0.118. The minimum Gasteiger partial charge on any atom is -0.299 e. The van der Waals surface area contributed by atoms with E-state index in [4.69, 9.17) is 0 Å². The third-order valence-electron chi connectivity index (χ3n) is 5.79. The maximum Gasteiger partial charge on any atom is 0.250 e. The van der Waals surface area contributed by atoms with Gasteiger partial charge in [-0.2, -0.15) is 5.10 Å². The molecule has 1 aromatic heterocycles. The number of thioether (sulfide) groups is 1. The van der Waals surface area contributed by atoms with Gasteiger partial charge in [0, 0.05) is 11.6 Å². The molecule has 1 saturated carbocycles. The zero-order chi connectivity index (χ0) is 22.3.